The van der Waals surface area contributed by atoms with Crippen LogP contribution in [0.1, 0.15) is 5.56 Å². The van der Waals surface area contributed by atoms with Crippen LogP contribution in [0.15, 0.2) is 29.4 Å². The number of nitrogens with two attached hydrogens (primary N) is 1. The van der Waals surface area contributed by atoms with E-state index in [4.69, 9.17) is 10.9 Å². The molecule has 1 aromatic carbocycles. The normalized spacial score (nSPS) is 11.2. The zero-order valence-electron chi connectivity index (χ0n) is 8.48. The van der Waals surface area contributed by atoms with Crippen LogP contribution < -0.4 is 11.1 Å². The molecule has 6 heteroatoms. The van der Waals surface area contributed by atoms with E-state index in [0.29, 0.717) is 5.56 Å². The maximum atomic E-state index is 12.6. The Morgan fingerprint density at radius 2 is 2.06 bits per heavy atom. The molecular formula is C10H12FN3O2. The van der Waals surface area contributed by atoms with E-state index in [-0.39, 0.29) is 30.5 Å². The lowest BCUT2D eigenvalue weighted by molar-refractivity contribution is -0.120. The Morgan fingerprint density at radius 3 is 2.62 bits per heavy atom. The highest BCUT2D eigenvalue weighted by Gasteiger charge is 2.03. The summed E-state index contributed by atoms with van der Waals surface area (Å²) in [6.45, 7) is -0.0173. The predicted molar refractivity (Wildman–Crippen MR) is 56.5 cm³/mol. The van der Waals surface area contributed by atoms with Crippen molar-refractivity contribution in [3.63, 3.8) is 0 Å². The molecule has 0 aliphatic rings. The van der Waals surface area contributed by atoms with Crippen LogP contribution in [0.5, 0.6) is 0 Å². The smallest absolute Gasteiger partial charge is 0.224 e. The van der Waals surface area contributed by atoms with Gasteiger partial charge in [-0.1, -0.05) is 17.3 Å². The van der Waals surface area contributed by atoms with E-state index in [1.54, 1.807) is 0 Å². The second-order valence-corrected chi connectivity index (χ2v) is 3.17. The predicted octanol–water partition coefficient (Wildman–Crippen LogP) is 0.231. The first-order valence-corrected chi connectivity index (χ1v) is 4.59. The summed E-state index contributed by atoms with van der Waals surface area (Å²) in [5.74, 6) is -0.702. The average Bonchev–Trinajstić information content (AvgIpc) is 2.29. The Bertz CT molecular complexity index is 390. The Hall–Kier alpha value is -2.11. The number of hydrogen-bond donors (Lipinski definition) is 3. The van der Waals surface area contributed by atoms with Gasteiger partial charge in [-0.2, -0.15) is 0 Å². The Balaban J connectivity index is 2.43. The van der Waals surface area contributed by atoms with E-state index in [1.807, 2.05) is 0 Å². The van der Waals surface area contributed by atoms with Gasteiger partial charge in [0.25, 0.3) is 0 Å². The number of nitrogens with one attached hydrogen (secondary N) is 1. The van der Waals surface area contributed by atoms with Crippen molar-refractivity contribution in [2.75, 3.05) is 6.54 Å². The summed E-state index contributed by atoms with van der Waals surface area (Å²) in [4.78, 5) is 11.3. The molecule has 0 heterocycles. The molecule has 16 heavy (non-hydrogen) atoms. The van der Waals surface area contributed by atoms with Gasteiger partial charge in [0.05, 0.1) is 13.0 Å². The Labute approximate surface area is 91.8 Å². The number of amidine groups is 1. The molecule has 0 aliphatic carbocycles. The van der Waals surface area contributed by atoms with Crippen molar-refractivity contribution < 1.29 is 14.4 Å². The number of amides is 1. The molecule has 4 N–H and O–H groups in total. The summed E-state index contributed by atoms with van der Waals surface area (Å²) >= 11 is 0. The summed E-state index contributed by atoms with van der Waals surface area (Å²) < 4.78 is 12.6. The molecule has 1 rings (SSSR count). The van der Waals surface area contributed by atoms with Gasteiger partial charge < -0.3 is 16.3 Å². The number of carbonyl (C=O) groups is 1. The zero-order valence-corrected chi connectivity index (χ0v) is 8.48. The number of rotatable bonds is 4. The summed E-state index contributed by atoms with van der Waals surface area (Å²) in [5, 5.41) is 13.4. The fourth-order valence-corrected chi connectivity index (χ4v) is 1.07. The molecule has 0 saturated heterocycles. The zero-order chi connectivity index (χ0) is 12.0. The molecule has 86 valence electrons. The van der Waals surface area contributed by atoms with E-state index in [2.05, 4.69) is 10.5 Å². The lowest BCUT2D eigenvalue weighted by Gasteiger charge is -2.03. The highest BCUT2D eigenvalue weighted by molar-refractivity contribution is 5.87. The minimum absolute atomic E-state index is 0.0173. The van der Waals surface area contributed by atoms with Crippen molar-refractivity contribution in [3.05, 3.63) is 35.6 Å². The third-order valence-electron chi connectivity index (χ3n) is 1.87. The minimum atomic E-state index is -0.346. The van der Waals surface area contributed by atoms with Crippen LogP contribution in [-0.2, 0) is 11.2 Å². The van der Waals surface area contributed by atoms with Crippen LogP contribution in [0.2, 0.25) is 0 Å². The molecular weight excluding hydrogens is 213 g/mol. The summed E-state index contributed by atoms with van der Waals surface area (Å²) in [5.41, 5.74) is 5.86. The number of oxime groups is 1. The van der Waals surface area contributed by atoms with Gasteiger partial charge in [-0.05, 0) is 17.7 Å². The van der Waals surface area contributed by atoms with Gasteiger partial charge >= 0.3 is 0 Å². The van der Waals surface area contributed by atoms with Crippen LogP contribution in [0.3, 0.4) is 0 Å². The van der Waals surface area contributed by atoms with Gasteiger partial charge in [0.1, 0.15) is 5.82 Å². The lowest BCUT2D eigenvalue weighted by atomic mass is 10.1. The second kappa shape index (κ2) is 5.69. The molecule has 0 aliphatic heterocycles. The molecule has 0 unspecified atom stereocenters. The standard InChI is InChI=1S/C10H12FN3O2/c11-8-3-1-7(2-4-8)5-10(15)13-6-9(12)14-16/h1-4,16H,5-6H2,(H2,12,14)(H,13,15). The number of benzene rings is 1. The molecule has 0 radical (unpaired) electrons. The van der Waals surface area contributed by atoms with Crippen LogP contribution in [0, 0.1) is 5.82 Å². The van der Waals surface area contributed by atoms with E-state index in [0.717, 1.165) is 0 Å². The minimum Gasteiger partial charge on any atom is -0.409 e. The first-order chi connectivity index (χ1) is 7.61. The van der Waals surface area contributed by atoms with Gasteiger partial charge in [-0.25, -0.2) is 4.39 Å². The number of halogens is 1. The highest BCUT2D eigenvalue weighted by atomic mass is 19.1. The number of hydrogen-bond acceptors (Lipinski definition) is 3. The maximum Gasteiger partial charge on any atom is 0.224 e. The van der Waals surface area contributed by atoms with Gasteiger partial charge in [0, 0.05) is 0 Å². The van der Waals surface area contributed by atoms with E-state index in [1.165, 1.54) is 24.3 Å². The molecule has 0 aromatic heterocycles. The fourth-order valence-electron chi connectivity index (χ4n) is 1.07. The van der Waals surface area contributed by atoms with Crippen LogP contribution >= 0.6 is 0 Å². The first-order valence-electron chi connectivity index (χ1n) is 4.59. The van der Waals surface area contributed by atoms with Gasteiger partial charge in [0.15, 0.2) is 5.84 Å². The van der Waals surface area contributed by atoms with Crippen molar-refractivity contribution in [1.29, 1.82) is 0 Å². The van der Waals surface area contributed by atoms with Crippen LogP contribution in [0.25, 0.3) is 0 Å². The topological polar surface area (TPSA) is 87.7 Å². The molecule has 0 fully saturated rings. The molecule has 1 amide bonds. The largest absolute Gasteiger partial charge is 0.409 e. The third-order valence-corrected chi connectivity index (χ3v) is 1.87. The number of carbonyl (C=O) groups excluding carboxylic acids is 1. The summed E-state index contributed by atoms with van der Waals surface area (Å²) in [7, 11) is 0. The van der Waals surface area contributed by atoms with Crippen molar-refractivity contribution in [2.24, 2.45) is 10.9 Å². The van der Waals surface area contributed by atoms with E-state index in [9.17, 15) is 9.18 Å². The monoisotopic (exact) mass is 225 g/mol. The second-order valence-electron chi connectivity index (χ2n) is 3.17. The lowest BCUT2D eigenvalue weighted by Crippen LogP contribution is -2.34. The van der Waals surface area contributed by atoms with Crippen LogP contribution in [-0.4, -0.2) is 23.5 Å². The van der Waals surface area contributed by atoms with E-state index < -0.39 is 0 Å². The Kier molecular flexibility index (Phi) is 4.26. The summed E-state index contributed by atoms with van der Waals surface area (Å²) in [6, 6.07) is 5.62. The van der Waals surface area contributed by atoms with Crippen molar-refractivity contribution in [3.8, 4) is 0 Å². The van der Waals surface area contributed by atoms with Gasteiger partial charge in [-0.3, -0.25) is 4.79 Å². The van der Waals surface area contributed by atoms with Crippen LogP contribution in [0.4, 0.5) is 4.39 Å². The molecule has 0 bridgehead atoms. The maximum absolute atomic E-state index is 12.6. The SMILES string of the molecule is N/C(CNC(=O)Cc1ccc(F)cc1)=N/O. The third kappa shape index (κ3) is 3.95. The fraction of sp³-hybridized carbons (Fsp3) is 0.200. The van der Waals surface area contributed by atoms with Crippen molar-refractivity contribution in [1.82, 2.24) is 5.32 Å². The van der Waals surface area contributed by atoms with E-state index >= 15 is 0 Å². The molecule has 0 saturated carbocycles. The Morgan fingerprint density at radius 1 is 1.44 bits per heavy atom. The molecule has 5 nitrogen and oxygen atoms in total. The molecule has 0 atom stereocenters. The van der Waals surface area contributed by atoms with Gasteiger partial charge in [-0.15, -0.1) is 0 Å². The summed E-state index contributed by atoms with van der Waals surface area (Å²) in [6.07, 6.45) is 0.124. The van der Waals surface area contributed by atoms with Gasteiger partial charge in [0.2, 0.25) is 5.91 Å². The highest BCUT2D eigenvalue weighted by Crippen LogP contribution is 2.03. The van der Waals surface area contributed by atoms with Crippen molar-refractivity contribution >= 4 is 11.7 Å². The molecule has 1 aromatic rings. The van der Waals surface area contributed by atoms with Crippen molar-refractivity contribution in [2.45, 2.75) is 6.42 Å². The quantitative estimate of drug-likeness (QED) is 0.296. The average molecular weight is 225 g/mol. The first kappa shape index (κ1) is 12.0. The molecule has 0 spiro atoms. The number of nitrogens with zero attached hydrogens (tertiary/aromatic N) is 1.